The second-order valence-corrected chi connectivity index (χ2v) is 5.26. The molecule has 0 saturated carbocycles. The number of nitrogens with two attached hydrogens (primary N) is 1. The molecule has 0 aromatic heterocycles. The summed E-state index contributed by atoms with van der Waals surface area (Å²) in [4.78, 5) is 0. The highest BCUT2D eigenvalue weighted by atomic mass is 35.5. The van der Waals surface area contributed by atoms with Gasteiger partial charge in [-0.1, -0.05) is 47.5 Å². The van der Waals surface area contributed by atoms with Gasteiger partial charge in [0, 0.05) is 0 Å². The fourth-order valence-electron chi connectivity index (χ4n) is 2.19. The molecule has 3 nitrogen and oxygen atoms in total. The zero-order valence-electron chi connectivity index (χ0n) is 11.3. The van der Waals surface area contributed by atoms with Crippen LogP contribution in [-0.4, -0.2) is 7.11 Å². The lowest BCUT2D eigenvalue weighted by Gasteiger charge is -2.20. The molecule has 0 bridgehead atoms. The maximum atomic E-state index is 6.26. The van der Waals surface area contributed by atoms with Gasteiger partial charge in [-0.3, -0.25) is 5.84 Å². The van der Waals surface area contributed by atoms with Crippen LogP contribution in [0.5, 0.6) is 5.75 Å². The molecule has 1 atom stereocenters. The Balaban J connectivity index is 2.47. The molecule has 1 unspecified atom stereocenters. The second kappa shape index (κ2) is 6.46. The minimum atomic E-state index is -0.231. The molecule has 2 aromatic carbocycles. The third kappa shape index (κ3) is 2.91. The van der Waals surface area contributed by atoms with Gasteiger partial charge in [0.05, 0.1) is 23.2 Å². The zero-order chi connectivity index (χ0) is 14.7. The molecule has 0 aliphatic carbocycles. The van der Waals surface area contributed by atoms with Gasteiger partial charge in [-0.25, -0.2) is 5.43 Å². The molecule has 0 amide bonds. The maximum Gasteiger partial charge on any atom is 0.121 e. The number of ether oxygens (including phenoxy) is 1. The average Bonchev–Trinajstić information content (AvgIpc) is 2.44. The summed E-state index contributed by atoms with van der Waals surface area (Å²) >= 11 is 12.3. The van der Waals surface area contributed by atoms with Crippen LogP contribution in [0.25, 0.3) is 0 Å². The Labute approximate surface area is 128 Å². The Morgan fingerprint density at radius 3 is 2.55 bits per heavy atom. The van der Waals surface area contributed by atoms with Crippen molar-refractivity contribution in [1.82, 2.24) is 5.43 Å². The minimum Gasteiger partial charge on any atom is -0.496 e. The van der Waals surface area contributed by atoms with Crippen molar-refractivity contribution in [2.24, 2.45) is 5.84 Å². The van der Waals surface area contributed by atoms with Crippen molar-refractivity contribution in [3.8, 4) is 5.75 Å². The van der Waals surface area contributed by atoms with Gasteiger partial charge in [0.25, 0.3) is 0 Å². The summed E-state index contributed by atoms with van der Waals surface area (Å²) in [6.45, 7) is 1.98. The molecule has 106 valence electrons. The highest BCUT2D eigenvalue weighted by Gasteiger charge is 2.17. The van der Waals surface area contributed by atoms with Crippen LogP contribution in [0.4, 0.5) is 0 Å². The number of hydrogen-bond donors (Lipinski definition) is 2. The predicted octanol–water partition coefficient (Wildman–Crippen LogP) is 3.86. The lowest BCUT2D eigenvalue weighted by Crippen LogP contribution is -2.29. The zero-order valence-corrected chi connectivity index (χ0v) is 12.8. The van der Waals surface area contributed by atoms with Gasteiger partial charge in [-0.15, -0.1) is 0 Å². The van der Waals surface area contributed by atoms with Crippen molar-refractivity contribution < 1.29 is 4.74 Å². The third-order valence-electron chi connectivity index (χ3n) is 3.21. The molecule has 0 aliphatic heterocycles. The van der Waals surface area contributed by atoms with Gasteiger partial charge in [0.15, 0.2) is 0 Å². The van der Waals surface area contributed by atoms with Gasteiger partial charge < -0.3 is 4.74 Å². The van der Waals surface area contributed by atoms with Crippen LogP contribution in [-0.2, 0) is 0 Å². The number of benzene rings is 2. The number of hydrazine groups is 1. The number of aryl methyl sites for hydroxylation is 1. The molecule has 20 heavy (non-hydrogen) atoms. The molecule has 0 heterocycles. The smallest absolute Gasteiger partial charge is 0.121 e. The van der Waals surface area contributed by atoms with E-state index in [0.717, 1.165) is 22.4 Å². The van der Waals surface area contributed by atoms with E-state index >= 15 is 0 Å². The van der Waals surface area contributed by atoms with E-state index in [0.29, 0.717) is 10.0 Å². The van der Waals surface area contributed by atoms with Crippen LogP contribution in [0, 0.1) is 6.92 Å². The summed E-state index contributed by atoms with van der Waals surface area (Å²) in [5, 5.41) is 1.01. The van der Waals surface area contributed by atoms with Gasteiger partial charge in [0.1, 0.15) is 5.75 Å². The normalized spacial score (nSPS) is 12.2. The van der Waals surface area contributed by atoms with Crippen LogP contribution in [0.3, 0.4) is 0 Å². The van der Waals surface area contributed by atoms with Crippen LogP contribution in [0.15, 0.2) is 36.4 Å². The van der Waals surface area contributed by atoms with Crippen LogP contribution < -0.4 is 16.0 Å². The first-order valence-corrected chi connectivity index (χ1v) is 6.88. The summed E-state index contributed by atoms with van der Waals surface area (Å²) in [7, 11) is 1.65. The maximum absolute atomic E-state index is 6.26. The molecule has 5 heteroatoms. The van der Waals surface area contributed by atoms with Gasteiger partial charge in [0.2, 0.25) is 0 Å². The molecule has 2 rings (SSSR count). The third-order valence-corrected chi connectivity index (χ3v) is 4.04. The minimum absolute atomic E-state index is 0.231. The first kappa shape index (κ1) is 15.1. The fourth-order valence-corrected chi connectivity index (χ4v) is 2.61. The van der Waals surface area contributed by atoms with E-state index in [4.69, 9.17) is 33.8 Å². The molecule has 0 spiro atoms. The van der Waals surface area contributed by atoms with Crippen LogP contribution in [0.1, 0.15) is 22.7 Å². The summed E-state index contributed by atoms with van der Waals surface area (Å²) in [5.41, 5.74) is 5.65. The number of rotatable bonds is 4. The summed E-state index contributed by atoms with van der Waals surface area (Å²) in [6.07, 6.45) is 0. The van der Waals surface area contributed by atoms with E-state index in [9.17, 15) is 0 Å². The van der Waals surface area contributed by atoms with E-state index in [1.165, 1.54) is 0 Å². The Bertz CT molecular complexity index is 617. The Morgan fingerprint density at radius 2 is 1.95 bits per heavy atom. The topological polar surface area (TPSA) is 47.3 Å². The van der Waals surface area contributed by atoms with Crippen molar-refractivity contribution in [1.29, 1.82) is 0 Å². The molecule has 3 N–H and O–H groups in total. The van der Waals surface area contributed by atoms with Crippen molar-refractivity contribution in [2.45, 2.75) is 13.0 Å². The Kier molecular flexibility index (Phi) is 4.89. The molecule has 0 radical (unpaired) electrons. The van der Waals surface area contributed by atoms with E-state index in [1.807, 2.05) is 37.3 Å². The molecular weight excluding hydrogens is 295 g/mol. The highest BCUT2D eigenvalue weighted by molar-refractivity contribution is 6.42. The number of hydrogen-bond acceptors (Lipinski definition) is 3. The van der Waals surface area contributed by atoms with Crippen molar-refractivity contribution >= 4 is 23.2 Å². The van der Waals surface area contributed by atoms with Crippen molar-refractivity contribution in [3.63, 3.8) is 0 Å². The molecule has 2 aromatic rings. The van der Waals surface area contributed by atoms with Gasteiger partial charge in [-0.05, 0) is 35.7 Å². The van der Waals surface area contributed by atoms with Crippen molar-refractivity contribution in [2.75, 3.05) is 7.11 Å². The van der Waals surface area contributed by atoms with E-state index in [-0.39, 0.29) is 6.04 Å². The number of halogens is 2. The monoisotopic (exact) mass is 310 g/mol. The first-order chi connectivity index (χ1) is 9.58. The summed E-state index contributed by atoms with van der Waals surface area (Å²) in [6, 6.07) is 11.1. The largest absolute Gasteiger partial charge is 0.496 e. The summed E-state index contributed by atoms with van der Waals surface area (Å²) in [5.74, 6) is 6.53. The number of methoxy groups -OCH3 is 1. The van der Waals surface area contributed by atoms with Gasteiger partial charge >= 0.3 is 0 Å². The van der Waals surface area contributed by atoms with E-state index in [2.05, 4.69) is 5.43 Å². The Hall–Kier alpha value is -1.26. The SMILES string of the molecule is COc1ccc(C(NN)c2cccc(Cl)c2Cl)cc1C. The molecular formula is C15H16Cl2N2O. The molecule has 0 aliphatic rings. The molecule has 0 fully saturated rings. The Morgan fingerprint density at radius 1 is 1.20 bits per heavy atom. The van der Waals surface area contributed by atoms with E-state index < -0.39 is 0 Å². The predicted molar refractivity (Wildman–Crippen MR) is 83.4 cm³/mol. The first-order valence-electron chi connectivity index (χ1n) is 6.13. The quantitative estimate of drug-likeness (QED) is 0.666. The highest BCUT2D eigenvalue weighted by Crippen LogP contribution is 2.34. The van der Waals surface area contributed by atoms with E-state index in [1.54, 1.807) is 13.2 Å². The lowest BCUT2D eigenvalue weighted by molar-refractivity contribution is 0.411. The molecule has 0 saturated heterocycles. The van der Waals surface area contributed by atoms with Gasteiger partial charge in [-0.2, -0.15) is 0 Å². The van der Waals surface area contributed by atoms with Crippen LogP contribution in [0.2, 0.25) is 10.0 Å². The van der Waals surface area contributed by atoms with Crippen molar-refractivity contribution in [3.05, 3.63) is 63.1 Å². The average molecular weight is 311 g/mol. The second-order valence-electron chi connectivity index (χ2n) is 4.47. The lowest BCUT2D eigenvalue weighted by atomic mass is 9.97. The van der Waals surface area contributed by atoms with Crippen LogP contribution >= 0.6 is 23.2 Å². The number of nitrogens with one attached hydrogen (secondary N) is 1. The standard InChI is InChI=1S/C15H16Cl2N2O/c1-9-8-10(6-7-13(9)20-2)15(19-18)11-4-3-5-12(16)14(11)17/h3-8,15,19H,18H2,1-2H3. The fraction of sp³-hybridized carbons (Fsp3) is 0.200. The summed E-state index contributed by atoms with van der Waals surface area (Å²) < 4.78 is 5.26.